The molecule has 0 aliphatic heterocycles. The van der Waals surface area contributed by atoms with E-state index in [0.29, 0.717) is 32.8 Å². The average molecular weight is 433 g/mol. The number of anilines is 1. The molecule has 156 valence electrons. The van der Waals surface area contributed by atoms with Crippen LogP contribution in [0.5, 0.6) is 0 Å². The number of carbonyl (C=O) groups is 1. The summed E-state index contributed by atoms with van der Waals surface area (Å²) in [5, 5.41) is 8.26. The lowest BCUT2D eigenvalue weighted by Crippen LogP contribution is -2.33. The summed E-state index contributed by atoms with van der Waals surface area (Å²) in [4.78, 5) is 22.6. The van der Waals surface area contributed by atoms with Crippen molar-refractivity contribution >= 4 is 51.7 Å². The molecule has 4 aromatic rings. The predicted octanol–water partition coefficient (Wildman–Crippen LogP) is 4.37. The number of carbonyl (C=O) groups excluding carboxylic acids is 1. The van der Waals surface area contributed by atoms with Gasteiger partial charge < -0.3 is 11.1 Å². The molecule has 1 aliphatic rings. The van der Waals surface area contributed by atoms with Gasteiger partial charge in [0.05, 0.1) is 17.2 Å². The van der Waals surface area contributed by atoms with Crippen LogP contribution in [0, 0.1) is 0 Å². The third kappa shape index (κ3) is 3.72. The van der Waals surface area contributed by atoms with E-state index in [9.17, 15) is 4.79 Å². The summed E-state index contributed by atoms with van der Waals surface area (Å²) in [6, 6.07) is 15.0. The highest BCUT2D eigenvalue weighted by Crippen LogP contribution is 2.28. The third-order valence-corrected chi connectivity index (χ3v) is 5.84. The summed E-state index contributed by atoms with van der Waals surface area (Å²) >= 11 is 5.96. The number of hydrogen-bond donors (Lipinski definition) is 2. The number of hydrogen-bond acceptors (Lipinski definition) is 5. The Hall–Kier alpha value is -3.45. The van der Waals surface area contributed by atoms with Gasteiger partial charge in [-0.1, -0.05) is 48.7 Å². The Bertz CT molecular complexity index is 1310. The van der Waals surface area contributed by atoms with Gasteiger partial charge in [0.25, 0.3) is 5.91 Å². The molecule has 0 unspecified atom stereocenters. The van der Waals surface area contributed by atoms with E-state index in [0.717, 1.165) is 31.2 Å². The van der Waals surface area contributed by atoms with Crippen molar-refractivity contribution in [3.8, 4) is 0 Å². The van der Waals surface area contributed by atoms with Crippen LogP contribution in [0.15, 0.2) is 53.6 Å². The molecule has 1 amide bonds. The van der Waals surface area contributed by atoms with Gasteiger partial charge in [0.1, 0.15) is 16.9 Å². The average Bonchev–Trinajstić information content (AvgIpc) is 3.37. The monoisotopic (exact) mass is 432 g/mol. The van der Waals surface area contributed by atoms with E-state index >= 15 is 0 Å². The molecular formula is C23H21ClN6O. The Morgan fingerprint density at radius 3 is 2.48 bits per heavy atom. The number of nitrogens with two attached hydrogens (primary N) is 1. The van der Waals surface area contributed by atoms with Crippen LogP contribution in [0.1, 0.15) is 41.6 Å². The fraction of sp³-hybridized carbons (Fsp3) is 0.217. The molecule has 2 aromatic carbocycles. The van der Waals surface area contributed by atoms with Gasteiger partial charge in [-0.3, -0.25) is 4.79 Å². The minimum Gasteiger partial charge on any atom is -0.383 e. The minimum absolute atomic E-state index is 0.163. The standard InChI is InChI=1S/C23H21ClN6O/c24-15-11-9-14(10-12-15)13-26-30-21(25)19(23(31)27-16-5-1-2-6-16)20-22(30)29-18-8-4-3-7-17(18)28-20/h3-4,7-13,16H,1-2,5-6,25H2,(H,27,31)/b26-13-. The van der Waals surface area contributed by atoms with Gasteiger partial charge >= 0.3 is 0 Å². The first-order valence-electron chi connectivity index (χ1n) is 10.3. The lowest BCUT2D eigenvalue weighted by atomic mass is 10.2. The molecule has 1 aliphatic carbocycles. The molecule has 31 heavy (non-hydrogen) atoms. The van der Waals surface area contributed by atoms with Crippen molar-refractivity contribution in [1.29, 1.82) is 0 Å². The van der Waals surface area contributed by atoms with Crippen LogP contribution in [-0.4, -0.2) is 32.8 Å². The SMILES string of the molecule is Nc1c(C(=O)NC2CCCC2)c2nc3ccccc3nc2n1/N=C\c1ccc(Cl)cc1. The zero-order valence-electron chi connectivity index (χ0n) is 16.8. The molecule has 7 nitrogen and oxygen atoms in total. The number of fused-ring (bicyclic) bond motifs is 2. The molecule has 0 atom stereocenters. The highest BCUT2D eigenvalue weighted by atomic mass is 35.5. The van der Waals surface area contributed by atoms with Crippen LogP contribution in [-0.2, 0) is 0 Å². The first-order valence-corrected chi connectivity index (χ1v) is 10.7. The molecule has 2 aromatic heterocycles. The zero-order chi connectivity index (χ0) is 21.4. The molecule has 0 radical (unpaired) electrons. The normalized spacial score (nSPS) is 14.7. The number of nitrogens with one attached hydrogen (secondary N) is 1. The maximum Gasteiger partial charge on any atom is 0.257 e. The van der Waals surface area contributed by atoms with Crippen LogP contribution in [0.25, 0.3) is 22.2 Å². The van der Waals surface area contributed by atoms with E-state index in [4.69, 9.17) is 27.3 Å². The van der Waals surface area contributed by atoms with Crippen LogP contribution in [0.3, 0.4) is 0 Å². The molecule has 0 saturated heterocycles. The second-order valence-electron chi connectivity index (χ2n) is 7.71. The maximum absolute atomic E-state index is 13.2. The second kappa shape index (κ2) is 8.00. The van der Waals surface area contributed by atoms with Gasteiger partial charge in [-0.2, -0.15) is 9.78 Å². The molecule has 5 rings (SSSR count). The number of rotatable bonds is 4. The smallest absolute Gasteiger partial charge is 0.257 e. The number of nitrogens with zero attached hydrogens (tertiary/aromatic N) is 4. The maximum atomic E-state index is 13.2. The van der Waals surface area contributed by atoms with E-state index in [1.807, 2.05) is 36.4 Å². The molecule has 0 bridgehead atoms. The summed E-state index contributed by atoms with van der Waals surface area (Å²) < 4.78 is 1.48. The first-order chi connectivity index (χ1) is 15.1. The van der Waals surface area contributed by atoms with Crippen molar-refractivity contribution in [2.24, 2.45) is 5.10 Å². The van der Waals surface area contributed by atoms with Gasteiger partial charge in [0.2, 0.25) is 0 Å². The van der Waals surface area contributed by atoms with E-state index < -0.39 is 0 Å². The zero-order valence-corrected chi connectivity index (χ0v) is 17.5. The summed E-state index contributed by atoms with van der Waals surface area (Å²) in [5.74, 6) is -0.0227. The van der Waals surface area contributed by atoms with E-state index in [-0.39, 0.29) is 17.8 Å². The topological polar surface area (TPSA) is 98.2 Å². The summed E-state index contributed by atoms with van der Waals surface area (Å²) in [7, 11) is 0. The van der Waals surface area contributed by atoms with Crippen molar-refractivity contribution in [3.63, 3.8) is 0 Å². The minimum atomic E-state index is -0.237. The number of nitrogen functional groups attached to an aromatic ring is 1. The van der Waals surface area contributed by atoms with Crippen LogP contribution >= 0.6 is 11.6 Å². The van der Waals surface area contributed by atoms with Crippen molar-refractivity contribution in [1.82, 2.24) is 20.0 Å². The number of aromatic nitrogens is 3. The summed E-state index contributed by atoms with van der Waals surface area (Å²) in [6.45, 7) is 0. The highest BCUT2D eigenvalue weighted by Gasteiger charge is 2.26. The van der Waals surface area contributed by atoms with Gasteiger partial charge in [0.15, 0.2) is 5.65 Å². The number of para-hydroxylation sites is 2. The molecule has 3 N–H and O–H groups in total. The predicted molar refractivity (Wildman–Crippen MR) is 124 cm³/mol. The van der Waals surface area contributed by atoms with Crippen molar-refractivity contribution in [2.45, 2.75) is 31.7 Å². The second-order valence-corrected chi connectivity index (χ2v) is 8.14. The van der Waals surface area contributed by atoms with E-state index in [1.165, 1.54) is 4.68 Å². The first kappa shape index (κ1) is 19.5. The van der Waals surface area contributed by atoms with E-state index in [2.05, 4.69) is 10.4 Å². The number of amides is 1. The van der Waals surface area contributed by atoms with Crippen LogP contribution < -0.4 is 11.1 Å². The van der Waals surface area contributed by atoms with Gasteiger partial charge in [0, 0.05) is 11.1 Å². The fourth-order valence-corrected chi connectivity index (χ4v) is 4.12. The molecule has 1 fully saturated rings. The van der Waals surface area contributed by atoms with E-state index in [1.54, 1.807) is 18.3 Å². The van der Waals surface area contributed by atoms with Gasteiger partial charge in [-0.15, -0.1) is 0 Å². The molecule has 2 heterocycles. The molecule has 1 saturated carbocycles. The Balaban J connectivity index is 1.64. The van der Waals surface area contributed by atoms with Crippen molar-refractivity contribution in [3.05, 3.63) is 64.7 Å². The lowest BCUT2D eigenvalue weighted by Gasteiger charge is -2.11. The lowest BCUT2D eigenvalue weighted by molar-refractivity contribution is 0.0940. The Labute approximate surface area is 183 Å². The highest BCUT2D eigenvalue weighted by molar-refractivity contribution is 6.30. The molecular weight excluding hydrogens is 412 g/mol. The largest absolute Gasteiger partial charge is 0.383 e. The number of halogens is 1. The summed E-state index contributed by atoms with van der Waals surface area (Å²) in [6.07, 6.45) is 5.86. The Morgan fingerprint density at radius 2 is 1.77 bits per heavy atom. The van der Waals surface area contributed by atoms with Gasteiger partial charge in [-0.25, -0.2) is 9.97 Å². The van der Waals surface area contributed by atoms with Crippen molar-refractivity contribution < 1.29 is 4.79 Å². The molecule has 0 spiro atoms. The quantitative estimate of drug-likeness (QED) is 0.467. The Kier molecular flexibility index (Phi) is 5.03. The summed E-state index contributed by atoms with van der Waals surface area (Å²) in [5.41, 5.74) is 9.88. The van der Waals surface area contributed by atoms with Crippen LogP contribution in [0.4, 0.5) is 5.82 Å². The van der Waals surface area contributed by atoms with Crippen LogP contribution in [0.2, 0.25) is 5.02 Å². The number of benzene rings is 2. The van der Waals surface area contributed by atoms with Crippen molar-refractivity contribution in [2.75, 3.05) is 5.73 Å². The fourth-order valence-electron chi connectivity index (χ4n) is 3.99. The molecule has 8 heteroatoms. The van der Waals surface area contributed by atoms with Gasteiger partial charge in [-0.05, 0) is 42.7 Å². The Morgan fingerprint density at radius 1 is 1.10 bits per heavy atom. The third-order valence-electron chi connectivity index (χ3n) is 5.58.